The van der Waals surface area contributed by atoms with Gasteiger partial charge >= 0.3 is 0 Å². The van der Waals surface area contributed by atoms with Crippen molar-refractivity contribution in [2.24, 2.45) is 0 Å². The van der Waals surface area contributed by atoms with Gasteiger partial charge in [-0.3, -0.25) is 0 Å². The molecule has 0 saturated heterocycles. The van der Waals surface area contributed by atoms with Crippen molar-refractivity contribution in [3.05, 3.63) is 182 Å². The van der Waals surface area contributed by atoms with Crippen molar-refractivity contribution in [3.63, 3.8) is 0 Å². The number of thiophene rings is 2. The minimum absolute atomic E-state index is 1.26. The van der Waals surface area contributed by atoms with E-state index in [1.807, 2.05) is 22.7 Å². The molecular weight excluding hydrogens is 689 g/mol. The zero-order valence-corrected chi connectivity index (χ0v) is 30.8. The van der Waals surface area contributed by atoms with Crippen molar-refractivity contribution >= 4 is 106 Å². The molecular formula is C52H30S2. The zero-order valence-electron chi connectivity index (χ0n) is 29.1. The average Bonchev–Trinajstić information content (AvgIpc) is 3.80. The molecule has 0 unspecified atom stereocenters. The van der Waals surface area contributed by atoms with Crippen LogP contribution in [-0.2, 0) is 0 Å². The van der Waals surface area contributed by atoms with Gasteiger partial charge in [-0.05, 0) is 101 Å². The highest BCUT2D eigenvalue weighted by molar-refractivity contribution is 7.26. The standard InChI is InChI=1S/C52H30S2/c1-3-13-36-31(10-1)12-9-19-40(36)51-43-17-7-5-15-41(43)50(42-16-6-8-18-44(42)51)35-22-25-39-38-24-20-33(28-47(38)54-48(39)30-35)34-21-26-45-49(29-34)53-46-27-23-32-11-2-4-14-37(32)52(45)46/h1-30H. The molecule has 0 aliphatic carbocycles. The number of hydrogen-bond donors (Lipinski definition) is 0. The van der Waals surface area contributed by atoms with Crippen molar-refractivity contribution < 1.29 is 0 Å². The molecule has 12 aromatic rings. The van der Waals surface area contributed by atoms with E-state index in [-0.39, 0.29) is 0 Å². The highest BCUT2D eigenvalue weighted by Crippen LogP contribution is 2.47. The number of benzene rings is 10. The molecule has 0 saturated carbocycles. The van der Waals surface area contributed by atoms with Crippen LogP contribution < -0.4 is 0 Å². The molecule has 2 heterocycles. The lowest BCUT2D eigenvalue weighted by molar-refractivity contribution is 1.69. The van der Waals surface area contributed by atoms with E-state index in [1.54, 1.807) is 0 Å². The summed E-state index contributed by atoms with van der Waals surface area (Å²) in [7, 11) is 0. The fourth-order valence-corrected chi connectivity index (χ4v) is 11.4. The van der Waals surface area contributed by atoms with Crippen molar-refractivity contribution in [1.82, 2.24) is 0 Å². The van der Waals surface area contributed by atoms with Gasteiger partial charge in [-0.1, -0.05) is 158 Å². The summed E-state index contributed by atoms with van der Waals surface area (Å²) in [4.78, 5) is 0. The van der Waals surface area contributed by atoms with Crippen LogP contribution in [0.25, 0.3) is 117 Å². The van der Waals surface area contributed by atoms with Gasteiger partial charge in [0.1, 0.15) is 0 Å². The van der Waals surface area contributed by atoms with Gasteiger partial charge in [-0.2, -0.15) is 0 Å². The Kier molecular flexibility index (Phi) is 6.48. The first-order valence-electron chi connectivity index (χ1n) is 18.5. The summed E-state index contributed by atoms with van der Waals surface area (Å²) >= 11 is 3.80. The summed E-state index contributed by atoms with van der Waals surface area (Å²) in [5.41, 5.74) is 7.67. The SMILES string of the molecule is c1ccc2c(-c3c4ccccc4c(-c4ccc5c(c4)sc4cc(-c6ccc7c(c6)sc6ccc8ccccc8c67)ccc45)c4ccccc34)cccc2c1. The molecule has 0 aliphatic rings. The van der Waals surface area contributed by atoms with Crippen molar-refractivity contribution in [2.75, 3.05) is 0 Å². The first-order valence-corrected chi connectivity index (χ1v) is 20.1. The maximum atomic E-state index is 2.43. The highest BCUT2D eigenvalue weighted by Gasteiger charge is 2.19. The Morgan fingerprint density at radius 3 is 1.39 bits per heavy atom. The molecule has 0 fully saturated rings. The van der Waals surface area contributed by atoms with E-state index in [2.05, 4.69) is 182 Å². The summed E-state index contributed by atoms with van der Waals surface area (Å²) in [6, 6.07) is 67.9. The molecule has 250 valence electrons. The van der Waals surface area contributed by atoms with Gasteiger partial charge in [-0.15, -0.1) is 22.7 Å². The second kappa shape index (κ2) is 11.6. The van der Waals surface area contributed by atoms with Crippen molar-refractivity contribution in [1.29, 1.82) is 0 Å². The lowest BCUT2D eigenvalue weighted by Gasteiger charge is -2.18. The molecule has 0 bridgehead atoms. The first-order chi connectivity index (χ1) is 26.8. The number of fused-ring (bicyclic) bond motifs is 11. The third-order valence-corrected chi connectivity index (χ3v) is 13.7. The number of hydrogen-bond acceptors (Lipinski definition) is 2. The Balaban J connectivity index is 1.01. The maximum absolute atomic E-state index is 2.43. The van der Waals surface area contributed by atoms with E-state index in [9.17, 15) is 0 Å². The van der Waals surface area contributed by atoms with Gasteiger partial charge < -0.3 is 0 Å². The minimum atomic E-state index is 1.26. The van der Waals surface area contributed by atoms with Crippen LogP contribution in [0.5, 0.6) is 0 Å². The maximum Gasteiger partial charge on any atom is 0.0361 e. The Hall–Kier alpha value is -6.32. The number of rotatable bonds is 3. The van der Waals surface area contributed by atoms with Crippen LogP contribution in [0.3, 0.4) is 0 Å². The summed E-state index contributed by atoms with van der Waals surface area (Å²) in [6.07, 6.45) is 0. The lowest BCUT2D eigenvalue weighted by Crippen LogP contribution is -1.91. The second-order valence-corrected chi connectivity index (χ2v) is 16.5. The van der Waals surface area contributed by atoms with Crippen LogP contribution in [0, 0.1) is 0 Å². The fourth-order valence-electron chi connectivity index (χ4n) is 9.01. The van der Waals surface area contributed by atoms with E-state index in [1.165, 1.54) is 117 Å². The van der Waals surface area contributed by atoms with Crippen LogP contribution in [0.4, 0.5) is 0 Å². The molecule has 0 nitrogen and oxygen atoms in total. The summed E-state index contributed by atoms with van der Waals surface area (Å²) < 4.78 is 5.33. The minimum Gasteiger partial charge on any atom is -0.135 e. The molecule has 10 aromatic carbocycles. The van der Waals surface area contributed by atoms with E-state index in [0.717, 1.165) is 0 Å². The van der Waals surface area contributed by atoms with E-state index in [0.29, 0.717) is 0 Å². The molecule has 0 atom stereocenters. The van der Waals surface area contributed by atoms with E-state index >= 15 is 0 Å². The quantitative estimate of drug-likeness (QED) is 0.160. The molecule has 0 aliphatic heterocycles. The predicted molar refractivity (Wildman–Crippen MR) is 239 cm³/mol. The van der Waals surface area contributed by atoms with Gasteiger partial charge in [0, 0.05) is 40.3 Å². The summed E-state index contributed by atoms with van der Waals surface area (Å²) in [5, 5.41) is 15.7. The third kappa shape index (κ3) is 4.42. The third-order valence-electron chi connectivity index (χ3n) is 11.4. The Labute approximate surface area is 319 Å². The zero-order chi connectivity index (χ0) is 35.3. The summed E-state index contributed by atoms with van der Waals surface area (Å²) in [5.74, 6) is 0. The highest BCUT2D eigenvalue weighted by atomic mass is 32.1. The van der Waals surface area contributed by atoms with Crippen LogP contribution in [0.1, 0.15) is 0 Å². The molecule has 0 N–H and O–H groups in total. The average molecular weight is 719 g/mol. The van der Waals surface area contributed by atoms with Gasteiger partial charge in [0.25, 0.3) is 0 Å². The molecule has 0 radical (unpaired) electrons. The fraction of sp³-hybridized carbons (Fsp3) is 0. The molecule has 0 spiro atoms. The van der Waals surface area contributed by atoms with E-state index in [4.69, 9.17) is 0 Å². The molecule has 54 heavy (non-hydrogen) atoms. The smallest absolute Gasteiger partial charge is 0.0361 e. The van der Waals surface area contributed by atoms with Gasteiger partial charge in [0.05, 0.1) is 0 Å². The predicted octanol–water partition coefficient (Wildman–Crippen LogP) is 16.0. The van der Waals surface area contributed by atoms with E-state index < -0.39 is 0 Å². The van der Waals surface area contributed by atoms with Crippen LogP contribution >= 0.6 is 22.7 Å². The summed E-state index contributed by atoms with van der Waals surface area (Å²) in [6.45, 7) is 0. The van der Waals surface area contributed by atoms with Crippen LogP contribution in [0.15, 0.2) is 182 Å². The lowest BCUT2D eigenvalue weighted by atomic mass is 9.84. The molecule has 12 rings (SSSR count). The molecule has 0 amide bonds. The second-order valence-electron chi connectivity index (χ2n) is 14.4. The molecule has 2 heteroatoms. The van der Waals surface area contributed by atoms with Gasteiger partial charge in [0.2, 0.25) is 0 Å². The topological polar surface area (TPSA) is 0 Å². The Morgan fingerprint density at radius 2 is 0.722 bits per heavy atom. The van der Waals surface area contributed by atoms with Gasteiger partial charge in [-0.25, -0.2) is 0 Å². The Morgan fingerprint density at radius 1 is 0.259 bits per heavy atom. The monoisotopic (exact) mass is 718 g/mol. The first kappa shape index (κ1) is 30.2. The Bertz CT molecular complexity index is 3440. The molecule has 2 aromatic heterocycles. The normalized spacial score (nSPS) is 12.1. The van der Waals surface area contributed by atoms with Crippen LogP contribution in [0.2, 0.25) is 0 Å². The van der Waals surface area contributed by atoms with Crippen LogP contribution in [-0.4, -0.2) is 0 Å². The largest absolute Gasteiger partial charge is 0.135 e. The van der Waals surface area contributed by atoms with Crippen molar-refractivity contribution in [3.8, 4) is 33.4 Å². The van der Waals surface area contributed by atoms with Crippen molar-refractivity contribution in [2.45, 2.75) is 0 Å². The van der Waals surface area contributed by atoms with Gasteiger partial charge in [0.15, 0.2) is 0 Å².